The highest BCUT2D eigenvalue weighted by Crippen LogP contribution is 2.17. The minimum absolute atomic E-state index is 0.170. The number of likely N-dealkylation sites (tertiary alicyclic amines) is 1. The van der Waals surface area contributed by atoms with Gasteiger partial charge in [0.2, 0.25) is 0 Å². The van der Waals surface area contributed by atoms with E-state index >= 15 is 0 Å². The van der Waals surface area contributed by atoms with E-state index in [9.17, 15) is 9.59 Å². The van der Waals surface area contributed by atoms with E-state index in [0.717, 1.165) is 0 Å². The molecule has 2 rings (SSSR count). The molecule has 1 heterocycles. The molecule has 0 unspecified atom stereocenters. The van der Waals surface area contributed by atoms with Crippen LogP contribution in [0.4, 0.5) is 0 Å². The highest BCUT2D eigenvalue weighted by Gasteiger charge is 2.28. The summed E-state index contributed by atoms with van der Waals surface area (Å²) in [5, 5.41) is 9.07. The van der Waals surface area contributed by atoms with Gasteiger partial charge in [0.15, 0.2) is 6.61 Å². The Morgan fingerprint density at radius 2 is 2.06 bits per heavy atom. The van der Waals surface area contributed by atoms with Gasteiger partial charge in [0.1, 0.15) is 5.75 Å². The molecule has 0 saturated carbocycles. The normalized spacial score (nSPS) is 15.1. The molecule has 1 aliphatic heterocycles. The molecule has 18 heavy (non-hydrogen) atoms. The van der Waals surface area contributed by atoms with Crippen molar-refractivity contribution in [3.63, 3.8) is 0 Å². The number of carbonyl (C=O) groups excluding carboxylic acids is 2. The van der Waals surface area contributed by atoms with E-state index in [1.807, 2.05) is 0 Å². The number of carbonyl (C=O) groups is 2. The molecule has 3 N–H and O–H groups in total. The van der Waals surface area contributed by atoms with E-state index in [4.69, 9.17) is 15.6 Å². The molecule has 0 atom stereocenters. The van der Waals surface area contributed by atoms with Crippen molar-refractivity contribution in [1.29, 1.82) is 0 Å². The Morgan fingerprint density at radius 1 is 1.39 bits per heavy atom. The standard InChI is InChI=1S/C12H14N2O4/c13-12(17)9-3-1-2-4-10(9)18-7-11(16)14-5-8(15)6-14/h1-4,8,15H,5-7H2,(H2,13,17). The lowest BCUT2D eigenvalue weighted by Gasteiger charge is -2.35. The predicted molar refractivity (Wildman–Crippen MR) is 63.0 cm³/mol. The quantitative estimate of drug-likeness (QED) is 0.744. The van der Waals surface area contributed by atoms with Gasteiger partial charge in [-0.05, 0) is 12.1 Å². The molecule has 0 aromatic heterocycles. The molecule has 1 aromatic rings. The number of aliphatic hydroxyl groups is 1. The van der Waals surface area contributed by atoms with Crippen molar-refractivity contribution in [3.05, 3.63) is 29.8 Å². The summed E-state index contributed by atoms with van der Waals surface area (Å²) in [5.74, 6) is -0.531. The van der Waals surface area contributed by atoms with Crippen molar-refractivity contribution in [2.75, 3.05) is 19.7 Å². The van der Waals surface area contributed by atoms with Crippen LogP contribution in [0.3, 0.4) is 0 Å². The third-order valence-electron chi connectivity index (χ3n) is 2.72. The molecular formula is C12H14N2O4. The summed E-state index contributed by atoms with van der Waals surface area (Å²) < 4.78 is 5.28. The van der Waals surface area contributed by atoms with E-state index in [1.54, 1.807) is 18.2 Å². The van der Waals surface area contributed by atoms with Gasteiger partial charge in [-0.1, -0.05) is 12.1 Å². The smallest absolute Gasteiger partial charge is 0.260 e. The molecule has 1 aromatic carbocycles. The lowest BCUT2D eigenvalue weighted by molar-refractivity contribution is -0.143. The number of amides is 2. The van der Waals surface area contributed by atoms with Crippen LogP contribution in [0, 0.1) is 0 Å². The second kappa shape index (κ2) is 5.05. The highest BCUT2D eigenvalue weighted by atomic mass is 16.5. The summed E-state index contributed by atoms with van der Waals surface area (Å²) in [6.07, 6.45) is -0.438. The summed E-state index contributed by atoms with van der Waals surface area (Å²) in [6.45, 7) is 0.496. The summed E-state index contributed by atoms with van der Waals surface area (Å²) in [6, 6.07) is 6.48. The molecule has 2 amide bonds. The van der Waals surface area contributed by atoms with E-state index in [2.05, 4.69) is 0 Å². The van der Waals surface area contributed by atoms with Gasteiger partial charge in [-0.15, -0.1) is 0 Å². The van der Waals surface area contributed by atoms with Crippen LogP contribution in [0.1, 0.15) is 10.4 Å². The van der Waals surface area contributed by atoms with E-state index in [-0.39, 0.29) is 18.1 Å². The number of nitrogens with two attached hydrogens (primary N) is 1. The SMILES string of the molecule is NC(=O)c1ccccc1OCC(=O)N1CC(O)C1. The molecule has 0 aliphatic carbocycles. The van der Waals surface area contributed by atoms with Crippen molar-refractivity contribution in [2.45, 2.75) is 6.10 Å². The molecule has 1 saturated heterocycles. The van der Waals surface area contributed by atoms with Gasteiger partial charge in [0.25, 0.3) is 11.8 Å². The van der Waals surface area contributed by atoms with Crippen LogP contribution in [0.2, 0.25) is 0 Å². The lowest BCUT2D eigenvalue weighted by Crippen LogP contribution is -2.54. The average molecular weight is 250 g/mol. The zero-order valence-corrected chi connectivity index (χ0v) is 9.70. The maximum atomic E-state index is 11.6. The average Bonchev–Trinajstić information content (AvgIpc) is 2.32. The topological polar surface area (TPSA) is 92.9 Å². The fourth-order valence-corrected chi connectivity index (χ4v) is 1.69. The number of benzene rings is 1. The number of hydrogen-bond acceptors (Lipinski definition) is 4. The Balaban J connectivity index is 1.94. The highest BCUT2D eigenvalue weighted by molar-refractivity contribution is 5.95. The first-order valence-electron chi connectivity index (χ1n) is 5.55. The molecular weight excluding hydrogens is 236 g/mol. The predicted octanol–water partition coefficient (Wildman–Crippen LogP) is -0.633. The third-order valence-corrected chi connectivity index (χ3v) is 2.72. The minimum atomic E-state index is -0.600. The van der Waals surface area contributed by atoms with Gasteiger partial charge >= 0.3 is 0 Å². The number of aliphatic hydroxyl groups excluding tert-OH is 1. The van der Waals surface area contributed by atoms with E-state index in [0.29, 0.717) is 18.8 Å². The summed E-state index contributed by atoms with van der Waals surface area (Å²) in [7, 11) is 0. The first-order valence-corrected chi connectivity index (χ1v) is 5.55. The summed E-state index contributed by atoms with van der Waals surface area (Å²) >= 11 is 0. The minimum Gasteiger partial charge on any atom is -0.483 e. The van der Waals surface area contributed by atoms with Crippen LogP contribution >= 0.6 is 0 Å². The van der Waals surface area contributed by atoms with Crippen molar-refractivity contribution < 1.29 is 19.4 Å². The maximum absolute atomic E-state index is 11.6. The largest absolute Gasteiger partial charge is 0.483 e. The maximum Gasteiger partial charge on any atom is 0.260 e. The number of primary amides is 1. The molecule has 6 nitrogen and oxygen atoms in total. The number of β-amino-alcohol motifs (C(OH)–C–C–N with tert-alkyl or cyclic N) is 1. The van der Waals surface area contributed by atoms with Crippen molar-refractivity contribution in [2.24, 2.45) is 5.73 Å². The number of para-hydroxylation sites is 1. The number of ether oxygens (including phenoxy) is 1. The second-order valence-corrected chi connectivity index (χ2v) is 4.10. The monoisotopic (exact) mass is 250 g/mol. The summed E-state index contributed by atoms with van der Waals surface area (Å²) in [5.41, 5.74) is 5.43. The van der Waals surface area contributed by atoms with Gasteiger partial charge in [-0.2, -0.15) is 0 Å². The van der Waals surface area contributed by atoms with Crippen LogP contribution in [0.25, 0.3) is 0 Å². The molecule has 0 spiro atoms. The van der Waals surface area contributed by atoms with E-state index < -0.39 is 12.0 Å². The van der Waals surface area contributed by atoms with Crippen molar-refractivity contribution >= 4 is 11.8 Å². The Morgan fingerprint density at radius 3 is 2.67 bits per heavy atom. The van der Waals surface area contributed by atoms with E-state index in [1.165, 1.54) is 11.0 Å². The fourth-order valence-electron chi connectivity index (χ4n) is 1.69. The second-order valence-electron chi connectivity index (χ2n) is 4.10. The van der Waals surface area contributed by atoms with Crippen LogP contribution in [0.15, 0.2) is 24.3 Å². The first-order chi connectivity index (χ1) is 8.58. The van der Waals surface area contributed by atoms with Crippen molar-refractivity contribution in [1.82, 2.24) is 4.90 Å². The molecule has 0 bridgehead atoms. The fraction of sp³-hybridized carbons (Fsp3) is 0.333. The Kier molecular flexibility index (Phi) is 3.47. The molecule has 1 fully saturated rings. The van der Waals surface area contributed by atoms with Gasteiger partial charge in [0.05, 0.1) is 11.7 Å². The van der Waals surface area contributed by atoms with Gasteiger partial charge in [-0.3, -0.25) is 9.59 Å². The molecule has 6 heteroatoms. The first kappa shape index (κ1) is 12.4. The van der Waals surface area contributed by atoms with Crippen LogP contribution in [-0.4, -0.2) is 47.6 Å². The lowest BCUT2D eigenvalue weighted by atomic mass is 10.2. The Labute approximate surface area is 104 Å². The number of rotatable bonds is 4. The van der Waals surface area contributed by atoms with Gasteiger partial charge < -0.3 is 20.5 Å². The molecule has 1 aliphatic rings. The van der Waals surface area contributed by atoms with Crippen molar-refractivity contribution in [3.8, 4) is 5.75 Å². The molecule has 96 valence electrons. The van der Waals surface area contributed by atoms with Gasteiger partial charge in [-0.25, -0.2) is 0 Å². The van der Waals surface area contributed by atoms with Crippen LogP contribution in [0.5, 0.6) is 5.75 Å². The van der Waals surface area contributed by atoms with Crippen LogP contribution in [-0.2, 0) is 4.79 Å². The Bertz CT molecular complexity index is 469. The summed E-state index contributed by atoms with van der Waals surface area (Å²) in [4.78, 5) is 24.2. The zero-order valence-electron chi connectivity index (χ0n) is 9.70. The number of hydrogen-bond donors (Lipinski definition) is 2. The Hall–Kier alpha value is -2.08. The van der Waals surface area contributed by atoms with Crippen LogP contribution < -0.4 is 10.5 Å². The third kappa shape index (κ3) is 2.60. The molecule has 0 radical (unpaired) electrons. The van der Waals surface area contributed by atoms with Gasteiger partial charge in [0, 0.05) is 13.1 Å². The number of nitrogens with zero attached hydrogens (tertiary/aromatic N) is 1. The zero-order chi connectivity index (χ0) is 13.1.